The van der Waals surface area contributed by atoms with E-state index in [4.69, 9.17) is 4.99 Å². The Morgan fingerprint density at radius 2 is 1.64 bits per heavy atom. The average Bonchev–Trinajstić information content (AvgIpc) is 2.86. The fourth-order valence-corrected chi connectivity index (χ4v) is 5.68. The average molecular weight is 493 g/mol. The number of amides is 1. The summed E-state index contributed by atoms with van der Waals surface area (Å²) in [6.07, 6.45) is 5.99. The van der Waals surface area contributed by atoms with Crippen LogP contribution >= 0.6 is 0 Å². The Kier molecular flexibility index (Phi) is 8.86. The molecule has 0 heterocycles. The van der Waals surface area contributed by atoms with Gasteiger partial charge in [0, 0.05) is 11.3 Å². The van der Waals surface area contributed by atoms with E-state index in [9.17, 15) is 14.0 Å². The molecule has 5 heteroatoms. The van der Waals surface area contributed by atoms with Gasteiger partial charge in [0.05, 0.1) is 6.04 Å². The highest BCUT2D eigenvalue weighted by Crippen LogP contribution is 2.47. The molecule has 194 valence electrons. The van der Waals surface area contributed by atoms with Crippen LogP contribution in [0, 0.1) is 23.1 Å². The number of carbonyl (C=O) groups excluding carboxylic acids is 2. The second-order valence-electron chi connectivity index (χ2n) is 11.5. The van der Waals surface area contributed by atoms with E-state index < -0.39 is 5.66 Å². The normalized spacial score (nSPS) is 21.8. The summed E-state index contributed by atoms with van der Waals surface area (Å²) in [4.78, 5) is 31.5. The molecule has 1 atom stereocenters. The van der Waals surface area contributed by atoms with Crippen molar-refractivity contribution in [2.45, 2.75) is 85.4 Å². The zero-order valence-corrected chi connectivity index (χ0v) is 22.6. The number of nitrogens with zero attached hydrogens (tertiary/aromatic N) is 2. The van der Waals surface area contributed by atoms with E-state index in [0.29, 0.717) is 17.9 Å². The number of hydrogen-bond donors (Lipinski definition) is 0. The fourth-order valence-electron chi connectivity index (χ4n) is 5.68. The molecule has 0 N–H and O–H groups in total. The second-order valence-corrected chi connectivity index (χ2v) is 11.5. The number of halogens is 1. The van der Waals surface area contributed by atoms with E-state index in [1.54, 1.807) is 12.1 Å². The highest BCUT2D eigenvalue weighted by Gasteiger charge is 2.46. The summed E-state index contributed by atoms with van der Waals surface area (Å²) < 4.78 is 13.6. The van der Waals surface area contributed by atoms with Crippen LogP contribution in [-0.2, 0) is 4.79 Å². The van der Waals surface area contributed by atoms with Crippen LogP contribution in [0.3, 0.4) is 0 Å². The SMILES string of the molecule is CC/C(=N\C1(N(C=O)C(c2ccc(C=O)cc2)C(C)C)CCC(C(C)(C)C)CC1)c1ccc(F)cc1. The third-order valence-corrected chi connectivity index (χ3v) is 7.81. The Labute approximate surface area is 216 Å². The predicted octanol–water partition coefficient (Wildman–Crippen LogP) is 7.63. The Morgan fingerprint density at radius 1 is 1.06 bits per heavy atom. The van der Waals surface area contributed by atoms with E-state index in [1.807, 2.05) is 29.2 Å². The molecule has 0 bridgehead atoms. The third kappa shape index (κ3) is 6.11. The lowest BCUT2D eigenvalue weighted by Crippen LogP contribution is -2.53. The van der Waals surface area contributed by atoms with Gasteiger partial charge in [-0.25, -0.2) is 4.39 Å². The van der Waals surface area contributed by atoms with Crippen molar-refractivity contribution in [3.8, 4) is 0 Å². The quantitative estimate of drug-likeness (QED) is 0.267. The minimum atomic E-state index is -0.693. The predicted molar refractivity (Wildman–Crippen MR) is 145 cm³/mol. The summed E-state index contributed by atoms with van der Waals surface area (Å²) in [5.74, 6) is 0.415. The number of benzene rings is 2. The van der Waals surface area contributed by atoms with Crippen LogP contribution in [0.25, 0.3) is 0 Å². The largest absolute Gasteiger partial charge is 0.313 e. The van der Waals surface area contributed by atoms with Crippen LogP contribution in [0.4, 0.5) is 4.39 Å². The lowest BCUT2D eigenvalue weighted by atomic mass is 9.69. The van der Waals surface area contributed by atoms with Crippen molar-refractivity contribution in [1.82, 2.24) is 4.90 Å². The van der Waals surface area contributed by atoms with Gasteiger partial charge in [-0.2, -0.15) is 0 Å². The molecule has 2 aromatic carbocycles. The second kappa shape index (κ2) is 11.5. The zero-order chi connectivity index (χ0) is 26.5. The van der Waals surface area contributed by atoms with Crippen LogP contribution in [0.2, 0.25) is 0 Å². The van der Waals surface area contributed by atoms with E-state index in [0.717, 1.165) is 55.2 Å². The molecule has 0 saturated heterocycles. The standard InChI is InChI=1S/C31H41FN2O2/c1-7-28(24-12-14-27(32)15-13-24)33-31(18-16-26(17-19-31)30(4,5)6)34(21-36)29(22(2)3)25-10-8-23(20-35)9-11-25/h8-15,20-22,26,29H,7,16-19H2,1-6H3/b33-28+. The highest BCUT2D eigenvalue weighted by atomic mass is 19.1. The molecule has 0 spiro atoms. The first-order chi connectivity index (χ1) is 17.0. The molecule has 1 aliphatic rings. The van der Waals surface area contributed by atoms with Gasteiger partial charge in [-0.15, -0.1) is 0 Å². The number of hydrogen-bond acceptors (Lipinski definition) is 3. The molecule has 0 radical (unpaired) electrons. The van der Waals surface area contributed by atoms with Crippen LogP contribution in [0.5, 0.6) is 0 Å². The van der Waals surface area contributed by atoms with Gasteiger partial charge in [0.25, 0.3) is 0 Å². The molecular weight excluding hydrogens is 451 g/mol. The minimum Gasteiger partial charge on any atom is -0.313 e. The highest BCUT2D eigenvalue weighted by molar-refractivity contribution is 6.00. The van der Waals surface area contributed by atoms with Gasteiger partial charge < -0.3 is 4.90 Å². The zero-order valence-electron chi connectivity index (χ0n) is 22.6. The molecule has 1 amide bonds. The lowest BCUT2D eigenvalue weighted by Gasteiger charge is -2.50. The number of aliphatic imine (C=N–C) groups is 1. The summed E-state index contributed by atoms with van der Waals surface area (Å²) in [5.41, 5.74) is 2.88. The Morgan fingerprint density at radius 3 is 2.08 bits per heavy atom. The van der Waals surface area contributed by atoms with Gasteiger partial charge >= 0.3 is 0 Å². The molecule has 1 fully saturated rings. The molecule has 3 rings (SSSR count). The van der Waals surface area contributed by atoms with Crippen molar-refractivity contribution in [3.05, 3.63) is 71.0 Å². The van der Waals surface area contributed by atoms with Crippen LogP contribution in [0.15, 0.2) is 53.5 Å². The molecule has 2 aromatic rings. The fraction of sp³-hybridized carbons (Fsp3) is 0.516. The van der Waals surface area contributed by atoms with Crippen LogP contribution < -0.4 is 0 Å². The number of rotatable bonds is 9. The molecule has 4 nitrogen and oxygen atoms in total. The number of carbonyl (C=O) groups is 2. The summed E-state index contributed by atoms with van der Waals surface area (Å²) in [6.45, 7) is 13.1. The van der Waals surface area contributed by atoms with Crippen LogP contribution in [0.1, 0.15) is 101 Å². The van der Waals surface area contributed by atoms with E-state index in [1.165, 1.54) is 12.1 Å². The van der Waals surface area contributed by atoms with Gasteiger partial charge in [0.1, 0.15) is 17.8 Å². The van der Waals surface area contributed by atoms with Gasteiger partial charge in [0.2, 0.25) is 6.41 Å². The van der Waals surface area contributed by atoms with Crippen molar-refractivity contribution in [3.63, 3.8) is 0 Å². The van der Waals surface area contributed by atoms with Crippen LogP contribution in [-0.4, -0.2) is 29.0 Å². The summed E-state index contributed by atoms with van der Waals surface area (Å²) >= 11 is 0. The van der Waals surface area contributed by atoms with Crippen molar-refractivity contribution in [1.29, 1.82) is 0 Å². The first kappa shape index (κ1) is 27.8. The topological polar surface area (TPSA) is 49.7 Å². The molecular formula is C31H41FN2O2. The maximum atomic E-state index is 13.6. The Hall–Kier alpha value is -2.82. The summed E-state index contributed by atoms with van der Waals surface area (Å²) in [7, 11) is 0. The molecule has 0 aromatic heterocycles. The van der Waals surface area contributed by atoms with Gasteiger partial charge in [0.15, 0.2) is 0 Å². The van der Waals surface area contributed by atoms with Gasteiger partial charge in [-0.3, -0.25) is 14.6 Å². The van der Waals surface area contributed by atoms with Crippen molar-refractivity contribution >= 4 is 18.4 Å². The van der Waals surface area contributed by atoms with Crippen molar-refractivity contribution in [2.75, 3.05) is 0 Å². The molecule has 36 heavy (non-hydrogen) atoms. The van der Waals surface area contributed by atoms with Crippen molar-refractivity contribution < 1.29 is 14.0 Å². The smallest absolute Gasteiger partial charge is 0.212 e. The van der Waals surface area contributed by atoms with Gasteiger partial charge in [-0.1, -0.05) is 77.9 Å². The summed E-state index contributed by atoms with van der Waals surface area (Å²) in [6, 6.07) is 13.8. The maximum Gasteiger partial charge on any atom is 0.212 e. The first-order valence-corrected chi connectivity index (χ1v) is 13.2. The van der Waals surface area contributed by atoms with E-state index in [2.05, 4.69) is 41.5 Å². The van der Waals surface area contributed by atoms with Gasteiger partial charge in [-0.05, 0) is 72.6 Å². The number of aldehydes is 1. The summed E-state index contributed by atoms with van der Waals surface area (Å²) in [5, 5.41) is 0. The molecule has 0 aliphatic heterocycles. The lowest BCUT2D eigenvalue weighted by molar-refractivity contribution is -0.131. The molecule has 1 aliphatic carbocycles. The Balaban J connectivity index is 2.13. The third-order valence-electron chi connectivity index (χ3n) is 7.81. The molecule has 1 saturated carbocycles. The monoisotopic (exact) mass is 492 g/mol. The van der Waals surface area contributed by atoms with E-state index in [-0.39, 0.29) is 23.2 Å². The van der Waals surface area contributed by atoms with E-state index >= 15 is 0 Å². The van der Waals surface area contributed by atoms with Crippen molar-refractivity contribution in [2.24, 2.45) is 22.2 Å². The maximum absolute atomic E-state index is 13.6. The molecule has 1 unspecified atom stereocenters. The first-order valence-electron chi connectivity index (χ1n) is 13.2. The minimum absolute atomic E-state index is 0.139. The Bertz CT molecular complexity index is 1040.